The lowest BCUT2D eigenvalue weighted by molar-refractivity contribution is -0.142. The summed E-state index contributed by atoms with van der Waals surface area (Å²) in [5.74, 6) is -0.185. The molecule has 0 saturated heterocycles. The number of ether oxygens (including phenoxy) is 1. The highest BCUT2D eigenvalue weighted by Gasteiger charge is 2.23. The lowest BCUT2D eigenvalue weighted by Crippen LogP contribution is -2.19. The van der Waals surface area contributed by atoms with E-state index in [1.54, 1.807) is 17.7 Å². The zero-order chi connectivity index (χ0) is 18.7. The van der Waals surface area contributed by atoms with Crippen molar-refractivity contribution >= 4 is 39.3 Å². The molecule has 26 heavy (non-hydrogen) atoms. The number of nitrogens with zero attached hydrogens (tertiary/aromatic N) is 2. The second kappa shape index (κ2) is 8.18. The zero-order valence-corrected chi connectivity index (χ0v) is 17.0. The Balaban J connectivity index is 2.05. The Bertz CT molecular complexity index is 937. The van der Waals surface area contributed by atoms with E-state index in [1.807, 2.05) is 13.8 Å². The first-order valence-electron chi connectivity index (χ1n) is 8.68. The van der Waals surface area contributed by atoms with Crippen LogP contribution in [0.3, 0.4) is 0 Å². The summed E-state index contributed by atoms with van der Waals surface area (Å²) < 4.78 is 5.20. The number of aryl methyl sites for hydroxylation is 2. The van der Waals surface area contributed by atoms with Crippen LogP contribution in [0.2, 0.25) is 0 Å². The van der Waals surface area contributed by atoms with E-state index in [0.717, 1.165) is 26.4 Å². The van der Waals surface area contributed by atoms with Gasteiger partial charge in [-0.25, -0.2) is 9.97 Å². The molecular weight excluding hydrogens is 364 g/mol. The topological polar surface area (TPSA) is 52.1 Å². The largest absolute Gasteiger partial charge is 0.465 e. The summed E-state index contributed by atoms with van der Waals surface area (Å²) in [5, 5.41) is 3.72. The highest BCUT2D eigenvalue weighted by atomic mass is 32.2. The molecular formula is C20H22N2O2S2. The number of hydrogen-bond donors (Lipinski definition) is 0. The Morgan fingerprint density at radius 1 is 1.23 bits per heavy atom. The summed E-state index contributed by atoms with van der Waals surface area (Å²) in [4.78, 5) is 22.1. The molecule has 0 aliphatic rings. The summed E-state index contributed by atoms with van der Waals surface area (Å²) in [6.07, 6.45) is 2.27. The molecule has 0 fully saturated rings. The van der Waals surface area contributed by atoms with Crippen molar-refractivity contribution in [1.82, 2.24) is 9.97 Å². The van der Waals surface area contributed by atoms with Crippen molar-refractivity contribution in [2.45, 2.75) is 44.4 Å². The Morgan fingerprint density at radius 3 is 2.73 bits per heavy atom. The summed E-state index contributed by atoms with van der Waals surface area (Å²) in [5.41, 5.74) is 4.80. The Kier molecular flexibility index (Phi) is 5.94. The van der Waals surface area contributed by atoms with Crippen LogP contribution in [0.4, 0.5) is 0 Å². The van der Waals surface area contributed by atoms with Crippen LogP contribution in [0.25, 0.3) is 21.3 Å². The standard InChI is InChI=1S/C20H22N2O2S2/c1-5-16(20(23)24-6-2)26-19-17-15(10-25-18(17)21-11-22-19)14-8-7-12(3)13(4)9-14/h7-11,16H,5-6H2,1-4H3/t16-/m0/s1. The quantitative estimate of drug-likeness (QED) is 0.322. The van der Waals surface area contributed by atoms with Crippen LogP contribution in [0.1, 0.15) is 31.4 Å². The SMILES string of the molecule is CCOC(=O)[C@H](CC)Sc1ncnc2scc(-c3ccc(C)c(C)c3)c12. The second-order valence-corrected chi connectivity index (χ2v) is 8.12. The van der Waals surface area contributed by atoms with E-state index < -0.39 is 0 Å². The third kappa shape index (κ3) is 3.76. The Morgan fingerprint density at radius 2 is 2.04 bits per heavy atom. The summed E-state index contributed by atoms with van der Waals surface area (Å²) >= 11 is 3.07. The first kappa shape index (κ1) is 18.9. The van der Waals surface area contributed by atoms with Crippen molar-refractivity contribution in [3.63, 3.8) is 0 Å². The van der Waals surface area contributed by atoms with Gasteiger partial charge in [-0.3, -0.25) is 4.79 Å². The molecule has 1 aromatic carbocycles. The number of benzene rings is 1. The number of aromatic nitrogens is 2. The third-order valence-electron chi connectivity index (χ3n) is 4.33. The Labute approximate surface area is 162 Å². The van der Waals surface area contributed by atoms with Crippen LogP contribution in [-0.4, -0.2) is 27.8 Å². The number of hydrogen-bond acceptors (Lipinski definition) is 6. The van der Waals surface area contributed by atoms with E-state index in [-0.39, 0.29) is 11.2 Å². The van der Waals surface area contributed by atoms with Crippen molar-refractivity contribution in [3.8, 4) is 11.1 Å². The van der Waals surface area contributed by atoms with Gasteiger partial charge in [0.2, 0.25) is 0 Å². The van der Waals surface area contributed by atoms with Gasteiger partial charge >= 0.3 is 5.97 Å². The fourth-order valence-corrected chi connectivity index (χ4v) is 4.74. The normalized spacial score (nSPS) is 12.3. The predicted molar refractivity (Wildman–Crippen MR) is 109 cm³/mol. The van der Waals surface area contributed by atoms with E-state index in [4.69, 9.17) is 4.74 Å². The van der Waals surface area contributed by atoms with Gasteiger partial charge in [-0.1, -0.05) is 36.9 Å². The first-order valence-corrected chi connectivity index (χ1v) is 10.4. The highest BCUT2D eigenvalue weighted by Crippen LogP contribution is 2.40. The third-order valence-corrected chi connectivity index (χ3v) is 6.56. The van der Waals surface area contributed by atoms with Crippen LogP contribution in [0, 0.1) is 13.8 Å². The molecule has 0 aliphatic carbocycles. The van der Waals surface area contributed by atoms with Crippen molar-refractivity contribution in [1.29, 1.82) is 0 Å². The number of fused-ring (bicyclic) bond motifs is 1. The monoisotopic (exact) mass is 386 g/mol. The highest BCUT2D eigenvalue weighted by molar-refractivity contribution is 8.00. The molecule has 3 aromatic rings. The first-order chi connectivity index (χ1) is 12.5. The maximum atomic E-state index is 12.2. The van der Waals surface area contributed by atoms with Gasteiger partial charge in [-0.15, -0.1) is 11.3 Å². The van der Waals surface area contributed by atoms with E-state index >= 15 is 0 Å². The fourth-order valence-electron chi connectivity index (χ4n) is 2.73. The van der Waals surface area contributed by atoms with Gasteiger partial charge in [0.15, 0.2) is 0 Å². The second-order valence-electron chi connectivity index (χ2n) is 6.07. The molecule has 3 rings (SSSR count). The molecule has 0 spiro atoms. The van der Waals surface area contributed by atoms with Crippen LogP contribution < -0.4 is 0 Å². The number of rotatable bonds is 6. The fraction of sp³-hybridized carbons (Fsp3) is 0.350. The van der Waals surface area contributed by atoms with Crippen LogP contribution in [0.15, 0.2) is 34.9 Å². The summed E-state index contributed by atoms with van der Waals surface area (Å²) in [6, 6.07) is 6.47. The maximum Gasteiger partial charge on any atom is 0.319 e. The molecule has 0 aliphatic heterocycles. The average Bonchev–Trinajstić information content (AvgIpc) is 3.07. The van der Waals surface area contributed by atoms with E-state index in [0.29, 0.717) is 13.0 Å². The molecule has 0 bridgehead atoms. The molecule has 2 aromatic heterocycles. The molecule has 2 heterocycles. The number of carbonyl (C=O) groups excluding carboxylic acids is 1. The number of thioether (sulfide) groups is 1. The smallest absolute Gasteiger partial charge is 0.319 e. The van der Waals surface area contributed by atoms with Gasteiger partial charge in [0, 0.05) is 10.9 Å². The zero-order valence-electron chi connectivity index (χ0n) is 15.4. The molecule has 136 valence electrons. The lowest BCUT2D eigenvalue weighted by Gasteiger charge is -2.13. The predicted octanol–water partition coefficient (Wildman–Crippen LogP) is 5.41. The molecule has 0 unspecified atom stereocenters. The average molecular weight is 387 g/mol. The molecule has 0 amide bonds. The summed E-state index contributed by atoms with van der Waals surface area (Å²) in [6.45, 7) is 8.44. The van der Waals surface area contributed by atoms with E-state index in [9.17, 15) is 4.79 Å². The number of esters is 1. The molecule has 4 nitrogen and oxygen atoms in total. The number of thiophene rings is 1. The van der Waals surface area contributed by atoms with Gasteiger partial charge in [0.1, 0.15) is 21.4 Å². The van der Waals surface area contributed by atoms with Crippen molar-refractivity contribution in [2.75, 3.05) is 6.61 Å². The van der Waals surface area contributed by atoms with E-state index in [2.05, 4.69) is 47.4 Å². The molecule has 0 radical (unpaired) electrons. The molecule has 1 atom stereocenters. The van der Waals surface area contributed by atoms with Gasteiger partial charge in [0.05, 0.1) is 12.0 Å². The Hall–Kier alpha value is -1.92. The van der Waals surface area contributed by atoms with Gasteiger partial charge in [-0.05, 0) is 43.9 Å². The lowest BCUT2D eigenvalue weighted by atomic mass is 10.0. The molecule has 6 heteroatoms. The van der Waals surface area contributed by atoms with Crippen LogP contribution in [0.5, 0.6) is 0 Å². The molecule has 0 N–H and O–H groups in total. The number of carbonyl (C=O) groups is 1. The molecule has 0 saturated carbocycles. The minimum atomic E-state index is -0.263. The van der Waals surface area contributed by atoms with E-state index in [1.165, 1.54) is 22.9 Å². The van der Waals surface area contributed by atoms with Crippen LogP contribution in [-0.2, 0) is 9.53 Å². The van der Waals surface area contributed by atoms with Gasteiger partial charge in [-0.2, -0.15) is 0 Å². The van der Waals surface area contributed by atoms with Crippen molar-refractivity contribution in [3.05, 3.63) is 41.0 Å². The van der Waals surface area contributed by atoms with Crippen molar-refractivity contribution in [2.24, 2.45) is 0 Å². The van der Waals surface area contributed by atoms with Crippen LogP contribution >= 0.6 is 23.1 Å². The minimum Gasteiger partial charge on any atom is -0.465 e. The summed E-state index contributed by atoms with van der Waals surface area (Å²) in [7, 11) is 0. The van der Waals surface area contributed by atoms with Crippen molar-refractivity contribution < 1.29 is 9.53 Å². The van der Waals surface area contributed by atoms with Gasteiger partial charge in [0.25, 0.3) is 0 Å². The minimum absolute atomic E-state index is 0.185. The van der Waals surface area contributed by atoms with Gasteiger partial charge < -0.3 is 4.74 Å². The maximum absolute atomic E-state index is 12.2.